The molecule has 2 amide bonds. The van der Waals surface area contributed by atoms with Gasteiger partial charge in [-0.3, -0.25) is 9.59 Å². The zero-order valence-corrected chi connectivity index (χ0v) is 16.0. The lowest BCUT2D eigenvalue weighted by atomic mass is 10.2. The quantitative estimate of drug-likeness (QED) is 0.701. The third-order valence-corrected chi connectivity index (χ3v) is 5.08. The molecular formula is C19H28N3O5+. The fourth-order valence-electron chi connectivity index (χ4n) is 3.52. The van der Waals surface area contributed by atoms with Crippen LogP contribution in [0.15, 0.2) is 18.2 Å². The summed E-state index contributed by atoms with van der Waals surface area (Å²) >= 11 is 0. The number of anilines is 1. The summed E-state index contributed by atoms with van der Waals surface area (Å²) in [7, 11) is 3.14. The summed E-state index contributed by atoms with van der Waals surface area (Å²) in [5, 5.41) is 2.90. The largest absolute Gasteiger partial charge is 0.497 e. The number of ether oxygens (including phenoxy) is 3. The molecule has 27 heavy (non-hydrogen) atoms. The Hall–Kier alpha value is -2.32. The molecule has 8 heteroatoms. The van der Waals surface area contributed by atoms with Gasteiger partial charge in [-0.25, -0.2) is 0 Å². The topological polar surface area (TPSA) is 81.5 Å². The van der Waals surface area contributed by atoms with Crippen LogP contribution >= 0.6 is 0 Å². The Morgan fingerprint density at radius 3 is 2.67 bits per heavy atom. The zero-order valence-electron chi connectivity index (χ0n) is 16.0. The number of benzene rings is 1. The Balaban J connectivity index is 1.47. The van der Waals surface area contributed by atoms with Crippen molar-refractivity contribution in [2.24, 2.45) is 0 Å². The van der Waals surface area contributed by atoms with Crippen LogP contribution in [0.1, 0.15) is 12.8 Å². The molecule has 0 aromatic heterocycles. The second-order valence-electron chi connectivity index (χ2n) is 6.87. The summed E-state index contributed by atoms with van der Waals surface area (Å²) in [6.45, 7) is 3.87. The van der Waals surface area contributed by atoms with Crippen molar-refractivity contribution in [2.45, 2.75) is 18.9 Å². The Morgan fingerprint density at radius 1 is 1.26 bits per heavy atom. The highest BCUT2D eigenvalue weighted by Gasteiger charge is 2.32. The van der Waals surface area contributed by atoms with Crippen LogP contribution in [0.2, 0.25) is 0 Å². The molecule has 0 aliphatic carbocycles. The first-order valence-corrected chi connectivity index (χ1v) is 9.36. The molecule has 2 heterocycles. The highest BCUT2D eigenvalue weighted by molar-refractivity contribution is 5.93. The molecule has 2 N–H and O–H groups in total. The van der Waals surface area contributed by atoms with E-state index in [2.05, 4.69) is 5.32 Å². The molecule has 2 saturated heterocycles. The fourth-order valence-corrected chi connectivity index (χ4v) is 3.52. The zero-order chi connectivity index (χ0) is 19.2. The Labute approximate surface area is 159 Å². The van der Waals surface area contributed by atoms with E-state index in [9.17, 15) is 9.59 Å². The monoisotopic (exact) mass is 378 g/mol. The lowest BCUT2D eigenvalue weighted by Crippen LogP contribution is -3.15. The number of quaternary nitrogens is 1. The maximum atomic E-state index is 12.4. The molecule has 1 aromatic rings. The molecular weight excluding hydrogens is 350 g/mol. The Morgan fingerprint density at radius 2 is 2.04 bits per heavy atom. The molecule has 3 rings (SSSR count). The second-order valence-corrected chi connectivity index (χ2v) is 6.87. The maximum Gasteiger partial charge on any atom is 0.279 e. The molecule has 2 fully saturated rings. The lowest BCUT2D eigenvalue weighted by Gasteiger charge is -2.33. The first kappa shape index (κ1) is 19.4. The van der Waals surface area contributed by atoms with Gasteiger partial charge in [-0.2, -0.15) is 0 Å². The van der Waals surface area contributed by atoms with E-state index in [1.165, 1.54) is 0 Å². The fraction of sp³-hybridized carbons (Fsp3) is 0.579. The van der Waals surface area contributed by atoms with Gasteiger partial charge in [0.25, 0.3) is 11.8 Å². The number of amides is 2. The number of hydrogen-bond donors (Lipinski definition) is 2. The van der Waals surface area contributed by atoms with Gasteiger partial charge in [0.05, 0.1) is 46.1 Å². The number of carbonyl (C=O) groups is 2. The number of methoxy groups -OCH3 is 2. The molecule has 2 aliphatic rings. The molecule has 148 valence electrons. The van der Waals surface area contributed by atoms with Crippen LogP contribution in [0.4, 0.5) is 5.69 Å². The summed E-state index contributed by atoms with van der Waals surface area (Å²) < 4.78 is 16.0. The number of piperazine rings is 1. The van der Waals surface area contributed by atoms with Crippen molar-refractivity contribution in [1.82, 2.24) is 4.90 Å². The van der Waals surface area contributed by atoms with Gasteiger partial charge in [0.1, 0.15) is 17.6 Å². The standard InChI is InChI=1S/C19H27N3O5/c1-25-14-5-6-15(17(12-14)26-2)20-18(23)13-21-7-9-22(10-8-21)19(24)16-4-3-11-27-16/h5-6,12,16H,3-4,7-11,13H2,1-2H3,(H,20,23)/p+1/t16-/m1/s1. The molecule has 0 bridgehead atoms. The van der Waals surface area contributed by atoms with Crippen LogP contribution in [0.3, 0.4) is 0 Å². The Kier molecular flexibility index (Phi) is 6.52. The average molecular weight is 378 g/mol. The molecule has 0 radical (unpaired) electrons. The lowest BCUT2D eigenvalue weighted by molar-refractivity contribution is -0.895. The molecule has 0 spiro atoms. The van der Waals surface area contributed by atoms with E-state index < -0.39 is 0 Å². The molecule has 0 saturated carbocycles. The van der Waals surface area contributed by atoms with Gasteiger partial charge in [-0.15, -0.1) is 0 Å². The highest BCUT2D eigenvalue weighted by Crippen LogP contribution is 2.28. The third kappa shape index (κ3) is 4.90. The highest BCUT2D eigenvalue weighted by atomic mass is 16.5. The summed E-state index contributed by atoms with van der Waals surface area (Å²) in [6, 6.07) is 5.28. The summed E-state index contributed by atoms with van der Waals surface area (Å²) in [5.74, 6) is 1.25. The number of nitrogens with one attached hydrogen (secondary N) is 2. The van der Waals surface area contributed by atoms with Crippen LogP contribution in [-0.4, -0.2) is 76.4 Å². The minimum atomic E-state index is -0.266. The molecule has 1 atom stereocenters. The smallest absolute Gasteiger partial charge is 0.279 e. The summed E-state index contributed by atoms with van der Waals surface area (Å²) in [4.78, 5) is 27.8. The molecule has 1 aromatic carbocycles. The van der Waals surface area contributed by atoms with Crippen molar-refractivity contribution in [2.75, 3.05) is 58.9 Å². The van der Waals surface area contributed by atoms with Gasteiger partial charge in [0, 0.05) is 12.7 Å². The van der Waals surface area contributed by atoms with E-state index >= 15 is 0 Å². The van der Waals surface area contributed by atoms with E-state index in [1.54, 1.807) is 32.4 Å². The van der Waals surface area contributed by atoms with Crippen molar-refractivity contribution in [3.63, 3.8) is 0 Å². The van der Waals surface area contributed by atoms with Crippen molar-refractivity contribution >= 4 is 17.5 Å². The molecule has 2 aliphatic heterocycles. The van der Waals surface area contributed by atoms with Crippen molar-refractivity contribution in [3.05, 3.63) is 18.2 Å². The predicted octanol–water partition coefficient (Wildman–Crippen LogP) is -0.452. The van der Waals surface area contributed by atoms with Gasteiger partial charge in [0.2, 0.25) is 0 Å². The Bertz CT molecular complexity index is 667. The van der Waals surface area contributed by atoms with Gasteiger partial charge in [0.15, 0.2) is 6.54 Å². The van der Waals surface area contributed by atoms with E-state index in [4.69, 9.17) is 14.2 Å². The maximum absolute atomic E-state index is 12.4. The van der Waals surface area contributed by atoms with Crippen LogP contribution in [-0.2, 0) is 14.3 Å². The molecule has 0 unspecified atom stereocenters. The first-order chi connectivity index (χ1) is 13.1. The first-order valence-electron chi connectivity index (χ1n) is 9.36. The average Bonchev–Trinajstić information content (AvgIpc) is 3.23. The third-order valence-electron chi connectivity index (χ3n) is 5.08. The summed E-state index contributed by atoms with van der Waals surface area (Å²) in [6.07, 6.45) is 1.51. The van der Waals surface area contributed by atoms with Crippen molar-refractivity contribution < 1.29 is 28.7 Å². The minimum absolute atomic E-state index is 0.0765. The van der Waals surface area contributed by atoms with Crippen LogP contribution < -0.4 is 19.7 Å². The van der Waals surface area contributed by atoms with Gasteiger partial charge in [-0.05, 0) is 25.0 Å². The van der Waals surface area contributed by atoms with Crippen LogP contribution in [0.25, 0.3) is 0 Å². The number of hydrogen-bond acceptors (Lipinski definition) is 5. The SMILES string of the molecule is COc1ccc(NC(=O)C[NH+]2CCN(C(=O)[C@H]3CCCO3)CC2)c(OC)c1. The van der Waals surface area contributed by atoms with Crippen molar-refractivity contribution in [1.29, 1.82) is 0 Å². The van der Waals surface area contributed by atoms with Gasteiger partial charge >= 0.3 is 0 Å². The number of rotatable bonds is 6. The normalized spacial score (nSPS) is 20.4. The molecule has 8 nitrogen and oxygen atoms in total. The van der Waals surface area contributed by atoms with Gasteiger partial charge < -0.3 is 29.3 Å². The van der Waals surface area contributed by atoms with Gasteiger partial charge in [-0.1, -0.05) is 0 Å². The van der Waals surface area contributed by atoms with Crippen LogP contribution in [0.5, 0.6) is 11.5 Å². The van der Waals surface area contributed by atoms with E-state index in [0.717, 1.165) is 30.8 Å². The number of carbonyl (C=O) groups excluding carboxylic acids is 2. The van der Waals surface area contributed by atoms with E-state index in [-0.39, 0.29) is 17.9 Å². The van der Waals surface area contributed by atoms with E-state index in [0.29, 0.717) is 43.4 Å². The minimum Gasteiger partial charge on any atom is -0.497 e. The van der Waals surface area contributed by atoms with E-state index in [1.807, 2.05) is 4.90 Å². The van der Waals surface area contributed by atoms with Crippen LogP contribution in [0, 0.1) is 0 Å². The second kappa shape index (κ2) is 9.05. The number of nitrogens with zero attached hydrogens (tertiary/aromatic N) is 1. The predicted molar refractivity (Wildman–Crippen MR) is 99.3 cm³/mol. The summed E-state index contributed by atoms with van der Waals surface area (Å²) in [5.41, 5.74) is 0.620. The van der Waals surface area contributed by atoms with Crippen molar-refractivity contribution in [3.8, 4) is 11.5 Å².